The van der Waals surface area contributed by atoms with Crippen molar-refractivity contribution < 1.29 is 0 Å². The summed E-state index contributed by atoms with van der Waals surface area (Å²) in [6, 6.07) is 43.4. The van der Waals surface area contributed by atoms with E-state index in [9.17, 15) is 5.26 Å². The summed E-state index contributed by atoms with van der Waals surface area (Å²) >= 11 is 0. The maximum atomic E-state index is 9.91. The van der Waals surface area contributed by atoms with Gasteiger partial charge in [-0.25, -0.2) is 4.85 Å². The number of para-hydroxylation sites is 1. The highest BCUT2D eigenvalue weighted by Gasteiger charge is 2.14. The van der Waals surface area contributed by atoms with Crippen LogP contribution in [-0.2, 0) is 0 Å². The summed E-state index contributed by atoms with van der Waals surface area (Å²) in [6.45, 7) is 7.87. The molecule has 4 nitrogen and oxygen atoms in total. The maximum absolute atomic E-state index is 9.91. The van der Waals surface area contributed by atoms with Crippen LogP contribution in [0.2, 0.25) is 0 Å². The number of nitrogens with zero attached hydrogens (tertiary/aromatic N) is 4. The molecule has 4 heteroatoms. The molecule has 6 aromatic rings. The lowest BCUT2D eigenvalue weighted by Crippen LogP contribution is -2.11. The van der Waals surface area contributed by atoms with Crippen LogP contribution in [0.25, 0.3) is 38.5 Å². The summed E-state index contributed by atoms with van der Waals surface area (Å²) in [6.07, 6.45) is 4.13. The highest BCUT2D eigenvalue weighted by atomic mass is 15.1. The van der Waals surface area contributed by atoms with Crippen LogP contribution in [0, 0.1) is 17.9 Å². The molecule has 0 fully saturated rings. The summed E-state index contributed by atoms with van der Waals surface area (Å²) < 4.78 is 0. The second-order valence-electron chi connectivity index (χ2n) is 10.3. The molecular formula is C38H28N4. The number of fused-ring (bicyclic) bond motifs is 2. The lowest BCUT2D eigenvalue weighted by molar-refractivity contribution is 1.13. The fourth-order valence-corrected chi connectivity index (χ4v) is 5.37. The quantitative estimate of drug-likeness (QED) is 0.120. The summed E-state index contributed by atoms with van der Waals surface area (Å²) in [7, 11) is 4.09. The minimum Gasteiger partial charge on any atom is -0.378 e. The number of hydrogen-bond acceptors (Lipinski definition) is 3. The molecular weight excluding hydrogens is 512 g/mol. The van der Waals surface area contributed by atoms with Crippen LogP contribution in [0.15, 0.2) is 121 Å². The molecule has 0 unspecified atom stereocenters. The zero-order valence-electron chi connectivity index (χ0n) is 23.5. The maximum Gasteiger partial charge on any atom is 0.202 e. The van der Waals surface area contributed by atoms with Gasteiger partial charge >= 0.3 is 0 Å². The molecule has 42 heavy (non-hydrogen) atoms. The number of rotatable bonds is 6. The fourth-order valence-electron chi connectivity index (χ4n) is 5.37. The standard InChI is InChI=1S/C38H28N4/c1-40-38-35-12-8-7-11-33(35)37(26-39)34-24-17-28(25-36(34)38)14-13-27-15-18-31(19-16-27)42(30-9-5-4-6-10-30)32-22-20-29(21-23-32)41(2)3/h4-25H,2-3H3. The highest BCUT2D eigenvalue weighted by molar-refractivity contribution is 6.15. The number of nitriles is 1. The fraction of sp³-hybridized carbons (Fsp3) is 0.0526. The van der Waals surface area contributed by atoms with Gasteiger partial charge in [0, 0.05) is 36.8 Å². The van der Waals surface area contributed by atoms with E-state index in [0.29, 0.717) is 11.3 Å². The van der Waals surface area contributed by atoms with Crippen molar-refractivity contribution in [2.45, 2.75) is 0 Å². The molecule has 0 amide bonds. The van der Waals surface area contributed by atoms with Crippen molar-refractivity contribution in [3.8, 4) is 6.07 Å². The number of hydrogen-bond donors (Lipinski definition) is 0. The molecule has 6 aromatic carbocycles. The molecule has 0 atom stereocenters. The van der Waals surface area contributed by atoms with Crippen LogP contribution in [0.5, 0.6) is 0 Å². The van der Waals surface area contributed by atoms with Gasteiger partial charge in [-0.1, -0.05) is 84.9 Å². The van der Waals surface area contributed by atoms with Crippen LogP contribution in [-0.4, -0.2) is 14.1 Å². The molecule has 0 saturated carbocycles. The van der Waals surface area contributed by atoms with E-state index < -0.39 is 0 Å². The van der Waals surface area contributed by atoms with Crippen molar-refractivity contribution in [1.82, 2.24) is 0 Å². The summed E-state index contributed by atoms with van der Waals surface area (Å²) in [5.74, 6) is 0. The van der Waals surface area contributed by atoms with Gasteiger partial charge in [-0.15, -0.1) is 0 Å². The van der Waals surface area contributed by atoms with Crippen LogP contribution >= 0.6 is 0 Å². The van der Waals surface area contributed by atoms with E-state index in [0.717, 1.165) is 55.4 Å². The molecule has 0 aliphatic rings. The predicted octanol–water partition coefficient (Wildman–Crippen LogP) is 10.1. The Hall–Kier alpha value is -5.84. The molecule has 0 aromatic heterocycles. The third kappa shape index (κ3) is 4.94. The third-order valence-electron chi connectivity index (χ3n) is 7.50. The second-order valence-corrected chi connectivity index (χ2v) is 10.3. The van der Waals surface area contributed by atoms with E-state index in [1.165, 1.54) is 0 Å². The van der Waals surface area contributed by atoms with Crippen molar-refractivity contribution in [2.24, 2.45) is 0 Å². The minimum atomic E-state index is 0.582. The molecule has 0 aliphatic heterocycles. The van der Waals surface area contributed by atoms with Crippen molar-refractivity contribution in [3.63, 3.8) is 0 Å². The van der Waals surface area contributed by atoms with Gasteiger partial charge in [-0.2, -0.15) is 5.26 Å². The zero-order valence-corrected chi connectivity index (χ0v) is 23.5. The molecule has 0 bridgehead atoms. The summed E-state index contributed by atoms with van der Waals surface area (Å²) in [4.78, 5) is 8.21. The largest absolute Gasteiger partial charge is 0.378 e. The molecule has 0 heterocycles. The minimum absolute atomic E-state index is 0.582. The van der Waals surface area contributed by atoms with Gasteiger partial charge in [0.1, 0.15) is 6.07 Å². The second kappa shape index (κ2) is 11.3. The first-order valence-corrected chi connectivity index (χ1v) is 13.7. The molecule has 0 spiro atoms. The van der Waals surface area contributed by atoms with E-state index in [1.54, 1.807) is 0 Å². The summed E-state index contributed by atoms with van der Waals surface area (Å²) in [5, 5.41) is 13.2. The van der Waals surface area contributed by atoms with Crippen LogP contribution in [0.3, 0.4) is 0 Å². The molecule has 0 saturated heterocycles. The molecule has 0 N–H and O–H groups in total. The van der Waals surface area contributed by atoms with E-state index in [-0.39, 0.29) is 0 Å². The third-order valence-corrected chi connectivity index (χ3v) is 7.50. The Labute approximate surface area is 246 Å². The molecule has 0 aliphatic carbocycles. The van der Waals surface area contributed by atoms with Crippen molar-refractivity contribution in [3.05, 3.63) is 149 Å². The Morgan fingerprint density at radius 3 is 1.76 bits per heavy atom. The van der Waals surface area contributed by atoms with Crippen molar-refractivity contribution in [2.75, 3.05) is 23.9 Å². The average Bonchev–Trinajstić information content (AvgIpc) is 3.04. The predicted molar refractivity (Wildman–Crippen MR) is 177 cm³/mol. The number of benzene rings is 6. The molecule has 6 rings (SSSR count). The molecule has 200 valence electrons. The highest BCUT2D eigenvalue weighted by Crippen LogP contribution is 2.39. The van der Waals surface area contributed by atoms with Crippen molar-refractivity contribution in [1.29, 1.82) is 5.26 Å². The molecule has 0 radical (unpaired) electrons. The van der Waals surface area contributed by atoms with Crippen molar-refractivity contribution >= 4 is 62.1 Å². The Balaban J connectivity index is 1.33. The van der Waals surface area contributed by atoms with E-state index >= 15 is 0 Å². The monoisotopic (exact) mass is 540 g/mol. The van der Waals surface area contributed by atoms with E-state index in [2.05, 4.69) is 106 Å². The Morgan fingerprint density at radius 1 is 0.595 bits per heavy atom. The SMILES string of the molecule is [C-]#[N+]c1c2ccccc2c(C#N)c2ccc(C=Cc3ccc(N(c4ccccc4)c4ccc(N(C)C)cc4)cc3)cc12. The lowest BCUT2D eigenvalue weighted by Gasteiger charge is -2.26. The van der Waals surface area contributed by atoms with E-state index in [1.807, 2.05) is 62.6 Å². The number of anilines is 4. The van der Waals surface area contributed by atoms with Crippen LogP contribution in [0.4, 0.5) is 28.4 Å². The van der Waals surface area contributed by atoms with Gasteiger partial charge in [0.2, 0.25) is 5.69 Å². The van der Waals surface area contributed by atoms with Crippen LogP contribution in [0.1, 0.15) is 16.7 Å². The van der Waals surface area contributed by atoms with Crippen LogP contribution < -0.4 is 9.80 Å². The Bertz CT molecular complexity index is 2010. The smallest absolute Gasteiger partial charge is 0.202 e. The first-order valence-electron chi connectivity index (χ1n) is 13.7. The Kier molecular flexibility index (Phi) is 7.12. The van der Waals surface area contributed by atoms with Gasteiger partial charge in [-0.05, 0) is 81.2 Å². The van der Waals surface area contributed by atoms with Gasteiger partial charge < -0.3 is 9.80 Å². The van der Waals surface area contributed by atoms with Gasteiger partial charge in [-0.3, -0.25) is 0 Å². The Morgan fingerprint density at radius 2 is 1.12 bits per heavy atom. The summed E-state index contributed by atoms with van der Waals surface area (Å²) in [5.41, 5.74) is 7.64. The average molecular weight is 541 g/mol. The van der Waals surface area contributed by atoms with E-state index in [4.69, 9.17) is 6.57 Å². The lowest BCUT2D eigenvalue weighted by atomic mass is 9.94. The first-order chi connectivity index (χ1) is 20.6. The van der Waals surface area contributed by atoms with Gasteiger partial charge in [0.25, 0.3) is 0 Å². The normalized spacial score (nSPS) is 11.0. The van der Waals surface area contributed by atoms with Gasteiger partial charge in [0.15, 0.2) is 0 Å². The zero-order chi connectivity index (χ0) is 29.1. The first kappa shape index (κ1) is 26.4. The van der Waals surface area contributed by atoms with Gasteiger partial charge in [0.05, 0.1) is 12.1 Å². The topological polar surface area (TPSA) is 34.6 Å².